The highest BCUT2D eigenvalue weighted by molar-refractivity contribution is 5.77. The smallest absolute Gasteiger partial charge is 0.134 e. The molecule has 0 spiro atoms. The quantitative estimate of drug-likeness (QED) is 0.856. The van der Waals surface area contributed by atoms with Gasteiger partial charge in [0.1, 0.15) is 11.3 Å². The molecule has 2 N–H and O–H groups in total. The van der Waals surface area contributed by atoms with Crippen molar-refractivity contribution in [3.8, 4) is 0 Å². The van der Waals surface area contributed by atoms with Crippen LogP contribution in [0.5, 0.6) is 0 Å². The molecule has 2 rings (SSSR count). The van der Waals surface area contributed by atoms with Gasteiger partial charge in [-0.25, -0.2) is 0 Å². The fourth-order valence-corrected chi connectivity index (χ4v) is 1.90. The highest BCUT2D eigenvalue weighted by atomic mass is 16.3. The van der Waals surface area contributed by atoms with Crippen LogP contribution in [0.25, 0.3) is 11.0 Å². The zero-order valence-electron chi connectivity index (χ0n) is 9.81. The van der Waals surface area contributed by atoms with Crippen molar-refractivity contribution in [2.24, 2.45) is 5.73 Å². The SMILES string of the molecule is CCN(C)C(CN)c1cc2ccccc2o1. The van der Waals surface area contributed by atoms with Crippen LogP contribution in [0.3, 0.4) is 0 Å². The fourth-order valence-electron chi connectivity index (χ4n) is 1.90. The minimum Gasteiger partial charge on any atom is -0.459 e. The summed E-state index contributed by atoms with van der Waals surface area (Å²) >= 11 is 0. The summed E-state index contributed by atoms with van der Waals surface area (Å²) < 4.78 is 5.82. The summed E-state index contributed by atoms with van der Waals surface area (Å²) in [7, 11) is 2.06. The van der Waals surface area contributed by atoms with Gasteiger partial charge in [0.15, 0.2) is 0 Å². The van der Waals surface area contributed by atoms with Crippen LogP contribution in [0, 0.1) is 0 Å². The number of furan rings is 1. The summed E-state index contributed by atoms with van der Waals surface area (Å²) in [6, 6.07) is 10.3. The Hall–Kier alpha value is -1.32. The van der Waals surface area contributed by atoms with Gasteiger partial charge in [-0.05, 0) is 25.7 Å². The molecule has 0 aliphatic heterocycles. The van der Waals surface area contributed by atoms with E-state index >= 15 is 0 Å². The Morgan fingerprint density at radius 3 is 2.75 bits per heavy atom. The maximum absolute atomic E-state index is 5.82. The number of nitrogens with zero attached hydrogens (tertiary/aromatic N) is 1. The van der Waals surface area contributed by atoms with E-state index in [2.05, 4.69) is 31.0 Å². The molecule has 16 heavy (non-hydrogen) atoms. The number of likely N-dealkylation sites (N-methyl/N-ethyl adjacent to an activating group) is 1. The summed E-state index contributed by atoms with van der Waals surface area (Å²) in [5.74, 6) is 0.952. The summed E-state index contributed by atoms with van der Waals surface area (Å²) in [4.78, 5) is 2.19. The van der Waals surface area contributed by atoms with Crippen molar-refractivity contribution in [3.63, 3.8) is 0 Å². The highest BCUT2D eigenvalue weighted by Crippen LogP contribution is 2.26. The molecule has 0 saturated heterocycles. The molecule has 1 atom stereocenters. The number of para-hydroxylation sites is 1. The van der Waals surface area contributed by atoms with Crippen LogP contribution in [0.15, 0.2) is 34.7 Å². The molecule has 3 nitrogen and oxygen atoms in total. The molecule has 0 bridgehead atoms. The third-order valence-corrected chi connectivity index (χ3v) is 3.03. The molecule has 0 radical (unpaired) electrons. The first-order valence-corrected chi connectivity index (χ1v) is 5.65. The lowest BCUT2D eigenvalue weighted by Crippen LogP contribution is -2.29. The number of fused-ring (bicyclic) bond motifs is 1. The standard InChI is InChI=1S/C13H18N2O/c1-3-15(2)11(9-14)13-8-10-6-4-5-7-12(10)16-13/h4-8,11H,3,9,14H2,1-2H3. The van der Waals surface area contributed by atoms with E-state index in [1.54, 1.807) is 0 Å². The molecule has 0 aliphatic carbocycles. The second-order valence-corrected chi connectivity index (χ2v) is 4.01. The molecule has 2 aromatic rings. The van der Waals surface area contributed by atoms with Crippen LogP contribution in [-0.2, 0) is 0 Å². The van der Waals surface area contributed by atoms with E-state index in [1.807, 2.05) is 18.2 Å². The van der Waals surface area contributed by atoms with Crippen LogP contribution in [0.2, 0.25) is 0 Å². The second kappa shape index (κ2) is 4.68. The Kier molecular flexibility index (Phi) is 3.27. The van der Waals surface area contributed by atoms with E-state index in [-0.39, 0.29) is 6.04 Å². The second-order valence-electron chi connectivity index (χ2n) is 4.01. The Bertz CT molecular complexity index is 431. The average Bonchev–Trinajstić information content (AvgIpc) is 2.72. The van der Waals surface area contributed by atoms with E-state index in [4.69, 9.17) is 10.2 Å². The van der Waals surface area contributed by atoms with Crippen molar-refractivity contribution in [1.82, 2.24) is 4.90 Å². The lowest BCUT2D eigenvalue weighted by atomic mass is 10.2. The van der Waals surface area contributed by atoms with E-state index in [0.717, 1.165) is 23.3 Å². The topological polar surface area (TPSA) is 42.4 Å². The van der Waals surface area contributed by atoms with E-state index in [0.29, 0.717) is 6.54 Å². The number of hydrogen-bond donors (Lipinski definition) is 1. The van der Waals surface area contributed by atoms with Gasteiger partial charge in [-0.3, -0.25) is 4.90 Å². The lowest BCUT2D eigenvalue weighted by Gasteiger charge is -2.23. The van der Waals surface area contributed by atoms with Crippen molar-refractivity contribution in [2.75, 3.05) is 20.1 Å². The van der Waals surface area contributed by atoms with Gasteiger partial charge < -0.3 is 10.2 Å². The van der Waals surface area contributed by atoms with Crippen molar-refractivity contribution >= 4 is 11.0 Å². The first-order chi connectivity index (χ1) is 7.76. The Morgan fingerprint density at radius 2 is 2.12 bits per heavy atom. The van der Waals surface area contributed by atoms with E-state index in [1.165, 1.54) is 0 Å². The molecule has 0 amide bonds. The number of hydrogen-bond acceptors (Lipinski definition) is 3. The van der Waals surface area contributed by atoms with Gasteiger partial charge >= 0.3 is 0 Å². The predicted molar refractivity (Wildman–Crippen MR) is 66.3 cm³/mol. The molecule has 86 valence electrons. The molecule has 1 aromatic heterocycles. The summed E-state index contributed by atoms with van der Waals surface area (Å²) in [5.41, 5.74) is 6.73. The maximum Gasteiger partial charge on any atom is 0.134 e. The van der Waals surface area contributed by atoms with Gasteiger partial charge in [0, 0.05) is 11.9 Å². The molecule has 1 heterocycles. The Morgan fingerprint density at radius 1 is 1.38 bits per heavy atom. The molecule has 0 fully saturated rings. The van der Waals surface area contributed by atoms with Crippen molar-refractivity contribution in [3.05, 3.63) is 36.1 Å². The predicted octanol–water partition coefficient (Wildman–Crippen LogP) is 2.38. The summed E-state index contributed by atoms with van der Waals surface area (Å²) in [6.45, 7) is 3.65. The van der Waals surface area contributed by atoms with Crippen molar-refractivity contribution in [2.45, 2.75) is 13.0 Å². The van der Waals surface area contributed by atoms with Crippen LogP contribution in [-0.4, -0.2) is 25.0 Å². The molecule has 0 aliphatic rings. The Labute approximate surface area is 95.8 Å². The minimum atomic E-state index is 0.164. The third-order valence-electron chi connectivity index (χ3n) is 3.03. The first-order valence-electron chi connectivity index (χ1n) is 5.65. The zero-order valence-corrected chi connectivity index (χ0v) is 9.81. The van der Waals surface area contributed by atoms with Gasteiger partial charge in [-0.1, -0.05) is 25.1 Å². The monoisotopic (exact) mass is 218 g/mol. The van der Waals surface area contributed by atoms with Gasteiger partial charge in [-0.2, -0.15) is 0 Å². The molecule has 1 aromatic carbocycles. The lowest BCUT2D eigenvalue weighted by molar-refractivity contribution is 0.234. The minimum absolute atomic E-state index is 0.164. The van der Waals surface area contributed by atoms with E-state index in [9.17, 15) is 0 Å². The van der Waals surface area contributed by atoms with Crippen LogP contribution in [0.4, 0.5) is 0 Å². The first kappa shape index (κ1) is 11.2. The molecule has 0 saturated carbocycles. The maximum atomic E-state index is 5.82. The largest absolute Gasteiger partial charge is 0.459 e. The van der Waals surface area contributed by atoms with Gasteiger partial charge in [0.2, 0.25) is 0 Å². The number of rotatable bonds is 4. The van der Waals surface area contributed by atoms with Gasteiger partial charge in [0.25, 0.3) is 0 Å². The van der Waals surface area contributed by atoms with E-state index < -0.39 is 0 Å². The zero-order chi connectivity index (χ0) is 11.5. The highest BCUT2D eigenvalue weighted by Gasteiger charge is 2.18. The van der Waals surface area contributed by atoms with Crippen LogP contribution >= 0.6 is 0 Å². The third kappa shape index (κ3) is 1.96. The average molecular weight is 218 g/mol. The van der Waals surface area contributed by atoms with Crippen molar-refractivity contribution < 1.29 is 4.42 Å². The van der Waals surface area contributed by atoms with Crippen LogP contribution < -0.4 is 5.73 Å². The molecular formula is C13H18N2O. The van der Waals surface area contributed by atoms with Crippen LogP contribution in [0.1, 0.15) is 18.7 Å². The van der Waals surface area contributed by atoms with Crippen molar-refractivity contribution in [1.29, 1.82) is 0 Å². The molecule has 3 heteroatoms. The molecular weight excluding hydrogens is 200 g/mol. The Balaban J connectivity index is 2.37. The number of benzene rings is 1. The summed E-state index contributed by atoms with van der Waals surface area (Å²) in [6.07, 6.45) is 0. The van der Waals surface area contributed by atoms with Gasteiger partial charge in [-0.15, -0.1) is 0 Å². The van der Waals surface area contributed by atoms with Gasteiger partial charge in [0.05, 0.1) is 6.04 Å². The fraction of sp³-hybridized carbons (Fsp3) is 0.385. The normalized spacial score (nSPS) is 13.5. The summed E-state index contributed by atoms with van der Waals surface area (Å²) in [5, 5.41) is 1.14. The number of nitrogens with two attached hydrogens (primary N) is 1. The molecule has 1 unspecified atom stereocenters.